The van der Waals surface area contributed by atoms with Crippen molar-refractivity contribution in [2.75, 3.05) is 12.9 Å². The first kappa shape index (κ1) is 13.0. The minimum atomic E-state index is 0.424. The highest BCUT2D eigenvalue weighted by Gasteiger charge is 2.31. The van der Waals surface area contributed by atoms with Crippen molar-refractivity contribution >= 4 is 16.9 Å². The van der Waals surface area contributed by atoms with E-state index in [9.17, 15) is 0 Å². The number of amidine groups is 1. The molecule has 19 heavy (non-hydrogen) atoms. The summed E-state index contributed by atoms with van der Waals surface area (Å²) in [5.74, 6) is 1.09. The summed E-state index contributed by atoms with van der Waals surface area (Å²) in [6.45, 7) is 0. The van der Waals surface area contributed by atoms with Crippen LogP contribution in [0.2, 0.25) is 0 Å². The molecule has 3 nitrogen and oxygen atoms in total. The van der Waals surface area contributed by atoms with Crippen molar-refractivity contribution in [1.82, 2.24) is 5.32 Å². The van der Waals surface area contributed by atoms with Gasteiger partial charge in [-0.2, -0.15) is 0 Å². The van der Waals surface area contributed by atoms with E-state index in [0.717, 1.165) is 30.2 Å². The van der Waals surface area contributed by atoms with Crippen molar-refractivity contribution in [2.24, 2.45) is 4.99 Å². The third-order valence-electron chi connectivity index (χ3n) is 3.78. The molecule has 1 heterocycles. The van der Waals surface area contributed by atoms with Crippen LogP contribution < -0.4 is 5.32 Å². The van der Waals surface area contributed by atoms with Crippen molar-refractivity contribution in [3.05, 3.63) is 35.9 Å². The Bertz CT molecular complexity index is 443. The van der Waals surface area contributed by atoms with Crippen LogP contribution in [0.5, 0.6) is 0 Å². The van der Waals surface area contributed by atoms with Crippen LogP contribution in [0.25, 0.3) is 0 Å². The Hall–Kier alpha value is -1.00. The fourth-order valence-electron chi connectivity index (χ4n) is 2.54. The standard InChI is InChI=1S/C15H20N2OS/c1-18-14-8-12(9-14)16-15-17-13(10-19-15)7-11-5-3-2-4-6-11/h2-6,12-14H,7-10H2,1H3,(H,16,17). The number of hydrogen-bond acceptors (Lipinski definition) is 4. The van der Waals surface area contributed by atoms with Gasteiger partial charge in [0.25, 0.3) is 0 Å². The Kier molecular flexibility index (Phi) is 4.09. The molecule has 1 N–H and O–H groups in total. The first-order valence-corrected chi connectivity index (χ1v) is 7.86. The minimum Gasteiger partial charge on any atom is -0.381 e. The molecule has 0 saturated heterocycles. The van der Waals surface area contributed by atoms with Crippen molar-refractivity contribution in [2.45, 2.75) is 37.5 Å². The topological polar surface area (TPSA) is 33.6 Å². The summed E-state index contributed by atoms with van der Waals surface area (Å²) in [5, 5.41) is 4.65. The van der Waals surface area contributed by atoms with Gasteiger partial charge in [-0.3, -0.25) is 4.99 Å². The zero-order valence-electron chi connectivity index (χ0n) is 11.2. The summed E-state index contributed by atoms with van der Waals surface area (Å²) in [4.78, 5) is 4.78. The van der Waals surface area contributed by atoms with Gasteiger partial charge in [-0.05, 0) is 24.8 Å². The molecule has 1 aromatic rings. The fourth-order valence-corrected chi connectivity index (χ4v) is 3.55. The lowest BCUT2D eigenvalue weighted by Gasteiger charge is -2.34. The molecule has 0 radical (unpaired) electrons. The molecule has 1 atom stereocenters. The van der Waals surface area contributed by atoms with Crippen LogP contribution in [-0.4, -0.2) is 36.2 Å². The van der Waals surface area contributed by atoms with E-state index in [2.05, 4.69) is 35.6 Å². The van der Waals surface area contributed by atoms with Gasteiger partial charge >= 0.3 is 0 Å². The van der Waals surface area contributed by atoms with Gasteiger partial charge in [-0.25, -0.2) is 0 Å². The third-order valence-corrected chi connectivity index (χ3v) is 4.83. The van der Waals surface area contributed by atoms with E-state index in [1.165, 1.54) is 5.56 Å². The van der Waals surface area contributed by atoms with Gasteiger partial charge in [0.2, 0.25) is 0 Å². The summed E-state index contributed by atoms with van der Waals surface area (Å²) in [6, 6.07) is 11.6. The quantitative estimate of drug-likeness (QED) is 0.917. The zero-order chi connectivity index (χ0) is 13.1. The van der Waals surface area contributed by atoms with Crippen molar-refractivity contribution < 1.29 is 4.74 Å². The van der Waals surface area contributed by atoms with E-state index in [1.807, 2.05) is 11.8 Å². The van der Waals surface area contributed by atoms with Gasteiger partial charge < -0.3 is 10.1 Å². The second kappa shape index (κ2) is 5.97. The van der Waals surface area contributed by atoms with Crippen LogP contribution in [0, 0.1) is 0 Å². The summed E-state index contributed by atoms with van der Waals surface area (Å²) in [6.07, 6.45) is 3.72. The van der Waals surface area contributed by atoms with Crippen LogP contribution in [0.3, 0.4) is 0 Å². The molecule has 0 bridgehead atoms. The highest BCUT2D eigenvalue weighted by Crippen LogP contribution is 2.26. The molecule has 0 spiro atoms. The monoisotopic (exact) mass is 276 g/mol. The van der Waals surface area contributed by atoms with Crippen LogP contribution in [0.15, 0.2) is 35.3 Å². The maximum Gasteiger partial charge on any atom is 0.157 e. The van der Waals surface area contributed by atoms with E-state index in [1.54, 1.807) is 7.11 Å². The molecule has 1 aliphatic heterocycles. The molecular weight excluding hydrogens is 256 g/mol. The first-order valence-electron chi connectivity index (χ1n) is 6.87. The molecule has 1 aromatic carbocycles. The van der Waals surface area contributed by atoms with Gasteiger partial charge in [0.05, 0.1) is 12.1 Å². The smallest absolute Gasteiger partial charge is 0.157 e. The maximum absolute atomic E-state index is 5.29. The SMILES string of the molecule is COC1CC(NC2=NC(Cc3ccccc3)CS2)C1. The number of nitrogens with one attached hydrogen (secondary N) is 1. The molecule has 2 aliphatic rings. The van der Waals surface area contributed by atoms with Gasteiger partial charge in [0.1, 0.15) is 0 Å². The lowest BCUT2D eigenvalue weighted by molar-refractivity contribution is 0.0228. The number of nitrogens with zero attached hydrogens (tertiary/aromatic N) is 1. The van der Waals surface area contributed by atoms with Crippen molar-refractivity contribution in [3.8, 4) is 0 Å². The van der Waals surface area contributed by atoms with E-state index in [-0.39, 0.29) is 0 Å². The van der Waals surface area contributed by atoms with Crippen molar-refractivity contribution in [3.63, 3.8) is 0 Å². The van der Waals surface area contributed by atoms with E-state index < -0.39 is 0 Å². The summed E-state index contributed by atoms with van der Waals surface area (Å²) >= 11 is 1.85. The number of rotatable bonds is 4. The Morgan fingerprint density at radius 2 is 2.11 bits per heavy atom. The Balaban J connectivity index is 1.48. The van der Waals surface area contributed by atoms with Gasteiger partial charge in [-0.1, -0.05) is 42.1 Å². The number of methoxy groups -OCH3 is 1. The van der Waals surface area contributed by atoms with Crippen LogP contribution in [0.4, 0.5) is 0 Å². The highest BCUT2D eigenvalue weighted by molar-refractivity contribution is 8.14. The zero-order valence-corrected chi connectivity index (χ0v) is 12.0. The summed E-state index contributed by atoms with van der Waals surface area (Å²) in [5.41, 5.74) is 1.38. The number of thioether (sulfide) groups is 1. The maximum atomic E-state index is 5.29. The molecule has 0 aromatic heterocycles. The summed E-state index contributed by atoms with van der Waals surface area (Å²) < 4.78 is 5.29. The normalized spacial score (nSPS) is 29.7. The van der Waals surface area contributed by atoms with Crippen LogP contribution in [-0.2, 0) is 11.2 Å². The predicted octanol–water partition coefficient (Wildman–Crippen LogP) is 2.47. The highest BCUT2D eigenvalue weighted by atomic mass is 32.2. The number of aliphatic imine (C=N–C) groups is 1. The minimum absolute atomic E-state index is 0.424. The van der Waals surface area contributed by atoms with Crippen LogP contribution in [0.1, 0.15) is 18.4 Å². The lowest BCUT2D eigenvalue weighted by atomic mass is 9.89. The fraction of sp³-hybridized carbons (Fsp3) is 0.533. The molecule has 0 amide bonds. The number of benzene rings is 1. The molecule has 3 rings (SSSR count). The Labute approximate surface area is 118 Å². The van der Waals surface area contributed by atoms with E-state index in [0.29, 0.717) is 18.2 Å². The summed E-state index contributed by atoms with van der Waals surface area (Å²) in [7, 11) is 1.79. The predicted molar refractivity (Wildman–Crippen MR) is 80.8 cm³/mol. The second-order valence-corrected chi connectivity index (χ2v) is 6.27. The Morgan fingerprint density at radius 1 is 1.32 bits per heavy atom. The molecule has 1 unspecified atom stereocenters. The number of ether oxygens (including phenoxy) is 1. The molecule has 1 saturated carbocycles. The molecule has 102 valence electrons. The van der Waals surface area contributed by atoms with E-state index >= 15 is 0 Å². The number of hydrogen-bond donors (Lipinski definition) is 1. The van der Waals surface area contributed by atoms with Gasteiger partial charge in [0.15, 0.2) is 5.17 Å². The molecule has 1 aliphatic carbocycles. The lowest BCUT2D eigenvalue weighted by Crippen LogP contribution is -2.46. The van der Waals surface area contributed by atoms with Gasteiger partial charge in [0, 0.05) is 18.9 Å². The first-order chi connectivity index (χ1) is 9.33. The third kappa shape index (κ3) is 3.31. The van der Waals surface area contributed by atoms with Crippen LogP contribution >= 0.6 is 11.8 Å². The molecular formula is C15H20N2OS. The average Bonchev–Trinajstić information content (AvgIpc) is 2.82. The van der Waals surface area contributed by atoms with Crippen molar-refractivity contribution in [1.29, 1.82) is 0 Å². The van der Waals surface area contributed by atoms with Gasteiger partial charge in [-0.15, -0.1) is 0 Å². The largest absolute Gasteiger partial charge is 0.381 e. The molecule has 1 fully saturated rings. The second-order valence-electron chi connectivity index (χ2n) is 5.26. The Morgan fingerprint density at radius 3 is 2.84 bits per heavy atom. The molecule has 4 heteroatoms. The average molecular weight is 276 g/mol. The van der Waals surface area contributed by atoms with E-state index in [4.69, 9.17) is 9.73 Å².